The molecule has 1 unspecified atom stereocenters. The van der Waals surface area contributed by atoms with Crippen LogP contribution in [0.2, 0.25) is 5.02 Å². The largest absolute Gasteiger partial charge is 0.332 e. The van der Waals surface area contributed by atoms with Gasteiger partial charge in [-0.2, -0.15) is 0 Å². The van der Waals surface area contributed by atoms with Gasteiger partial charge in [0, 0.05) is 10.9 Å². The topological polar surface area (TPSA) is 44.7 Å². The Morgan fingerprint density at radius 2 is 2.00 bits per heavy atom. The number of aliphatic imine (C=N–C) groups is 1. The zero-order valence-corrected chi connectivity index (χ0v) is 14.7. The number of thioether (sulfide) groups is 1. The van der Waals surface area contributed by atoms with Gasteiger partial charge in [-0.15, -0.1) is 0 Å². The zero-order valence-electron chi connectivity index (χ0n) is 13.2. The second-order valence-electron chi connectivity index (χ2n) is 5.42. The van der Waals surface area contributed by atoms with Crippen LogP contribution in [-0.4, -0.2) is 23.0 Å². The number of urea groups is 1. The lowest BCUT2D eigenvalue weighted by molar-refractivity contribution is 0.259. The minimum absolute atomic E-state index is 0.0904. The van der Waals surface area contributed by atoms with E-state index in [1.54, 1.807) is 0 Å². The number of amidine groups is 1. The summed E-state index contributed by atoms with van der Waals surface area (Å²) in [6.07, 6.45) is 0. The second-order valence-corrected chi connectivity index (χ2v) is 7.24. The molecule has 1 heterocycles. The summed E-state index contributed by atoms with van der Waals surface area (Å²) in [6.45, 7) is 2.59. The van der Waals surface area contributed by atoms with Gasteiger partial charge in [0.15, 0.2) is 5.17 Å². The molecule has 8 heteroatoms. The summed E-state index contributed by atoms with van der Waals surface area (Å²) < 4.78 is 26.5. The van der Waals surface area contributed by atoms with Gasteiger partial charge in [-0.05, 0) is 42.5 Å². The minimum Gasteiger partial charge on any atom is -0.307 e. The van der Waals surface area contributed by atoms with Crippen LogP contribution in [0.25, 0.3) is 0 Å². The Morgan fingerprint density at radius 1 is 1.28 bits per heavy atom. The molecule has 0 spiro atoms. The van der Waals surface area contributed by atoms with Gasteiger partial charge in [-0.1, -0.05) is 30.3 Å². The van der Waals surface area contributed by atoms with E-state index in [9.17, 15) is 13.6 Å². The minimum atomic E-state index is -0.570. The molecule has 25 heavy (non-hydrogen) atoms. The van der Waals surface area contributed by atoms with Crippen molar-refractivity contribution < 1.29 is 13.6 Å². The fourth-order valence-electron chi connectivity index (χ4n) is 2.24. The maximum absolute atomic E-state index is 13.3. The normalized spacial score (nSPS) is 16.5. The van der Waals surface area contributed by atoms with Gasteiger partial charge in [-0.25, -0.2) is 18.5 Å². The third kappa shape index (κ3) is 4.11. The lowest BCUT2D eigenvalue weighted by Crippen LogP contribution is -2.38. The molecule has 0 saturated heterocycles. The van der Waals surface area contributed by atoms with E-state index in [-0.39, 0.29) is 10.3 Å². The third-order valence-corrected chi connectivity index (χ3v) is 4.80. The smallest absolute Gasteiger partial charge is 0.307 e. The van der Waals surface area contributed by atoms with Gasteiger partial charge in [0.05, 0.1) is 17.3 Å². The molecule has 3 rings (SSSR count). The Kier molecular flexibility index (Phi) is 5.24. The van der Waals surface area contributed by atoms with Crippen molar-refractivity contribution in [3.05, 3.63) is 59.1 Å². The fourth-order valence-corrected chi connectivity index (χ4v) is 3.37. The van der Waals surface area contributed by atoms with E-state index in [1.807, 2.05) is 6.92 Å². The molecular formula is C17H14ClF2N3OS. The first-order valence-electron chi connectivity index (χ1n) is 7.47. The van der Waals surface area contributed by atoms with Crippen molar-refractivity contribution in [2.75, 3.05) is 16.8 Å². The van der Waals surface area contributed by atoms with Gasteiger partial charge in [0.2, 0.25) is 0 Å². The second kappa shape index (κ2) is 7.41. The Labute approximate surface area is 152 Å². The lowest BCUT2D eigenvalue weighted by atomic mass is 10.3. The molecule has 0 saturated carbocycles. The third-order valence-electron chi connectivity index (χ3n) is 3.44. The number of hydrogen-bond donors (Lipinski definition) is 1. The molecule has 130 valence electrons. The molecule has 1 N–H and O–H groups in total. The molecule has 2 amide bonds. The number of halogens is 3. The van der Waals surface area contributed by atoms with E-state index >= 15 is 0 Å². The molecule has 2 aromatic rings. The first-order valence-corrected chi connectivity index (χ1v) is 8.72. The van der Waals surface area contributed by atoms with Crippen LogP contribution in [0.1, 0.15) is 6.92 Å². The molecule has 0 radical (unpaired) electrons. The molecule has 0 bridgehead atoms. The number of benzene rings is 2. The SMILES string of the molecule is CC1CN=C(N(C(=O)Nc2ccc(F)c(Cl)c2)c2ccc(F)cc2)S1. The Hall–Kier alpha value is -2.12. The van der Waals surface area contributed by atoms with Crippen LogP contribution >= 0.6 is 23.4 Å². The maximum atomic E-state index is 13.3. The molecule has 0 fully saturated rings. The summed E-state index contributed by atoms with van der Waals surface area (Å²) in [7, 11) is 0. The Morgan fingerprint density at radius 3 is 2.60 bits per heavy atom. The predicted molar refractivity (Wildman–Crippen MR) is 98.7 cm³/mol. The molecule has 4 nitrogen and oxygen atoms in total. The highest BCUT2D eigenvalue weighted by molar-refractivity contribution is 8.15. The number of carbonyl (C=O) groups is 1. The van der Waals surface area contributed by atoms with Gasteiger partial charge >= 0.3 is 6.03 Å². The van der Waals surface area contributed by atoms with Gasteiger partial charge in [0.25, 0.3) is 0 Å². The average Bonchev–Trinajstić information content (AvgIpc) is 2.99. The van der Waals surface area contributed by atoms with E-state index in [4.69, 9.17) is 11.6 Å². The van der Waals surface area contributed by atoms with Crippen LogP contribution in [0.15, 0.2) is 47.5 Å². The molecule has 0 aromatic heterocycles. The Bertz CT molecular complexity index is 829. The predicted octanol–water partition coefficient (Wildman–Crippen LogP) is 5.15. The number of nitrogens with one attached hydrogen (secondary N) is 1. The van der Waals surface area contributed by atoms with Crippen LogP contribution < -0.4 is 10.2 Å². The highest BCUT2D eigenvalue weighted by Crippen LogP contribution is 2.28. The molecule has 1 aliphatic rings. The number of amides is 2. The molecule has 1 atom stereocenters. The van der Waals surface area contributed by atoms with Crippen molar-refractivity contribution in [3.63, 3.8) is 0 Å². The monoisotopic (exact) mass is 381 g/mol. The van der Waals surface area contributed by atoms with Crippen LogP contribution in [-0.2, 0) is 0 Å². The summed E-state index contributed by atoms with van der Waals surface area (Å²) in [5, 5.41) is 3.33. The summed E-state index contributed by atoms with van der Waals surface area (Å²) in [5.74, 6) is -0.969. The van der Waals surface area contributed by atoms with E-state index in [2.05, 4.69) is 10.3 Å². The van der Waals surface area contributed by atoms with Gasteiger partial charge in [-0.3, -0.25) is 4.99 Å². The number of anilines is 2. The summed E-state index contributed by atoms with van der Waals surface area (Å²) in [4.78, 5) is 18.5. The number of carbonyl (C=O) groups excluding carboxylic acids is 1. The lowest BCUT2D eigenvalue weighted by Gasteiger charge is -2.23. The first-order chi connectivity index (χ1) is 11.9. The van der Waals surface area contributed by atoms with E-state index in [0.29, 0.717) is 23.1 Å². The molecular weight excluding hydrogens is 368 g/mol. The molecule has 2 aromatic carbocycles. The van der Waals surface area contributed by atoms with E-state index < -0.39 is 17.7 Å². The van der Waals surface area contributed by atoms with Crippen molar-refractivity contribution in [2.45, 2.75) is 12.2 Å². The average molecular weight is 382 g/mol. The first kappa shape index (κ1) is 17.7. The number of nitrogens with zero attached hydrogens (tertiary/aromatic N) is 2. The van der Waals surface area contributed by atoms with Crippen LogP contribution in [0, 0.1) is 11.6 Å². The van der Waals surface area contributed by atoms with Crippen molar-refractivity contribution >= 4 is 45.9 Å². The standard InChI is InChI=1S/C17H14ClF2N3OS/c1-10-9-21-17(25-10)23(13-5-2-11(19)3-6-13)16(24)22-12-4-7-15(20)14(18)8-12/h2-8,10H,9H2,1H3,(H,22,24). The highest BCUT2D eigenvalue weighted by atomic mass is 35.5. The van der Waals surface area contributed by atoms with E-state index in [0.717, 1.165) is 0 Å². The van der Waals surface area contributed by atoms with Crippen LogP contribution in [0.3, 0.4) is 0 Å². The fraction of sp³-hybridized carbons (Fsp3) is 0.176. The van der Waals surface area contributed by atoms with Crippen molar-refractivity contribution in [1.82, 2.24) is 0 Å². The number of rotatable bonds is 2. The number of hydrogen-bond acceptors (Lipinski definition) is 3. The zero-order chi connectivity index (χ0) is 18.0. The van der Waals surface area contributed by atoms with Gasteiger partial charge < -0.3 is 5.32 Å². The molecule has 0 aliphatic carbocycles. The maximum Gasteiger partial charge on any atom is 0.332 e. The van der Waals surface area contributed by atoms with E-state index in [1.165, 1.54) is 59.1 Å². The van der Waals surface area contributed by atoms with Crippen LogP contribution in [0.5, 0.6) is 0 Å². The van der Waals surface area contributed by atoms with Crippen molar-refractivity contribution in [3.8, 4) is 0 Å². The Balaban J connectivity index is 1.89. The van der Waals surface area contributed by atoms with Gasteiger partial charge in [0.1, 0.15) is 11.6 Å². The summed E-state index contributed by atoms with van der Waals surface area (Å²) in [6, 6.07) is 8.95. The van der Waals surface area contributed by atoms with Crippen molar-refractivity contribution in [1.29, 1.82) is 0 Å². The highest BCUT2D eigenvalue weighted by Gasteiger charge is 2.27. The summed E-state index contributed by atoms with van der Waals surface area (Å²) >= 11 is 7.20. The summed E-state index contributed by atoms with van der Waals surface area (Å²) in [5.41, 5.74) is 0.826. The van der Waals surface area contributed by atoms with Crippen LogP contribution in [0.4, 0.5) is 25.0 Å². The van der Waals surface area contributed by atoms with Crippen molar-refractivity contribution in [2.24, 2.45) is 4.99 Å². The molecule has 1 aliphatic heterocycles. The quantitative estimate of drug-likeness (QED) is 0.782.